The van der Waals surface area contributed by atoms with Crippen molar-refractivity contribution in [3.05, 3.63) is 28.7 Å². The minimum absolute atomic E-state index is 0.330. The van der Waals surface area contributed by atoms with Crippen molar-refractivity contribution in [3.63, 3.8) is 0 Å². The molecule has 0 saturated heterocycles. The average Bonchev–Trinajstić information content (AvgIpc) is 3.24. The van der Waals surface area contributed by atoms with E-state index < -0.39 is 0 Å². The number of halogens is 1. The molecule has 0 spiro atoms. The number of thioether (sulfide) groups is 1. The maximum absolute atomic E-state index is 9.30. The van der Waals surface area contributed by atoms with Crippen LogP contribution in [0, 0.1) is 11.3 Å². The van der Waals surface area contributed by atoms with Gasteiger partial charge in [-0.25, -0.2) is 0 Å². The van der Waals surface area contributed by atoms with Gasteiger partial charge in [0.05, 0.1) is 6.07 Å². The lowest BCUT2D eigenvalue weighted by atomic mass is 9.96. The van der Waals surface area contributed by atoms with Gasteiger partial charge in [-0.3, -0.25) is 5.32 Å². The Labute approximate surface area is 134 Å². The Morgan fingerprint density at radius 3 is 2.65 bits per heavy atom. The van der Waals surface area contributed by atoms with Crippen LogP contribution in [-0.4, -0.2) is 17.3 Å². The Kier molecular flexibility index (Phi) is 5.95. The van der Waals surface area contributed by atoms with Crippen LogP contribution in [0.5, 0.6) is 0 Å². The summed E-state index contributed by atoms with van der Waals surface area (Å²) in [6, 6.07) is 11.5. The van der Waals surface area contributed by atoms with E-state index in [0.29, 0.717) is 6.04 Å². The first-order valence-corrected chi connectivity index (χ1v) is 8.96. The Hall–Kier alpha value is -0.500. The number of nitrogens with zero attached hydrogens (tertiary/aromatic N) is 1. The predicted octanol–water partition coefficient (Wildman–Crippen LogP) is 4.75. The van der Waals surface area contributed by atoms with Crippen LogP contribution >= 0.6 is 27.7 Å². The molecule has 2 nitrogen and oxygen atoms in total. The number of benzene rings is 1. The molecule has 0 heterocycles. The molecule has 0 aromatic heterocycles. The fourth-order valence-corrected chi connectivity index (χ4v) is 3.32. The fourth-order valence-electron chi connectivity index (χ4n) is 2.14. The third-order valence-corrected chi connectivity index (χ3v) is 5.13. The molecule has 108 valence electrons. The molecule has 0 radical (unpaired) electrons. The van der Waals surface area contributed by atoms with Gasteiger partial charge < -0.3 is 0 Å². The molecule has 0 amide bonds. The van der Waals surface area contributed by atoms with Crippen LogP contribution in [0.3, 0.4) is 0 Å². The zero-order valence-electron chi connectivity index (χ0n) is 11.9. The van der Waals surface area contributed by atoms with Crippen molar-refractivity contribution in [1.82, 2.24) is 5.32 Å². The van der Waals surface area contributed by atoms with Gasteiger partial charge in [-0.2, -0.15) is 5.26 Å². The lowest BCUT2D eigenvalue weighted by molar-refractivity contribution is 0.402. The Morgan fingerprint density at radius 2 is 2.05 bits per heavy atom. The molecule has 1 aliphatic rings. The van der Waals surface area contributed by atoms with Crippen molar-refractivity contribution in [2.45, 2.75) is 55.5 Å². The largest absolute Gasteiger partial charge is 0.297 e. The Bertz CT molecular complexity index is 464. The van der Waals surface area contributed by atoms with Crippen LogP contribution in [-0.2, 0) is 0 Å². The van der Waals surface area contributed by atoms with Crippen LogP contribution < -0.4 is 5.32 Å². The lowest BCUT2D eigenvalue weighted by Gasteiger charge is -2.23. The van der Waals surface area contributed by atoms with Crippen LogP contribution in [0.25, 0.3) is 0 Å². The highest BCUT2D eigenvalue weighted by molar-refractivity contribution is 9.10. The monoisotopic (exact) mass is 352 g/mol. The van der Waals surface area contributed by atoms with E-state index in [-0.39, 0.29) is 5.54 Å². The molecule has 1 unspecified atom stereocenters. The van der Waals surface area contributed by atoms with Crippen molar-refractivity contribution in [2.75, 3.05) is 5.75 Å². The molecule has 1 aromatic carbocycles. The number of hydrogen-bond acceptors (Lipinski definition) is 3. The predicted molar refractivity (Wildman–Crippen MR) is 88.9 cm³/mol. The molecule has 0 aliphatic heterocycles. The fraction of sp³-hybridized carbons (Fsp3) is 0.562. The Balaban J connectivity index is 1.63. The van der Waals surface area contributed by atoms with Crippen molar-refractivity contribution in [2.24, 2.45) is 0 Å². The summed E-state index contributed by atoms with van der Waals surface area (Å²) in [6.07, 6.45) is 5.67. The maximum Gasteiger partial charge on any atom is 0.104 e. The summed E-state index contributed by atoms with van der Waals surface area (Å²) in [5.74, 6) is 1.12. The summed E-state index contributed by atoms with van der Waals surface area (Å²) >= 11 is 5.34. The first-order valence-electron chi connectivity index (χ1n) is 7.19. The van der Waals surface area contributed by atoms with E-state index in [9.17, 15) is 5.26 Å². The number of rotatable bonds is 8. The van der Waals surface area contributed by atoms with E-state index in [4.69, 9.17) is 0 Å². The zero-order chi connectivity index (χ0) is 14.4. The molecule has 0 bridgehead atoms. The maximum atomic E-state index is 9.30. The smallest absolute Gasteiger partial charge is 0.104 e. The number of nitrogens with one attached hydrogen (secondary N) is 1. The molecule has 1 N–H and O–H groups in total. The van der Waals surface area contributed by atoms with Crippen molar-refractivity contribution >= 4 is 27.7 Å². The summed E-state index contributed by atoms with van der Waals surface area (Å²) in [5, 5.41) is 12.8. The van der Waals surface area contributed by atoms with Gasteiger partial charge in [0.25, 0.3) is 0 Å². The first kappa shape index (κ1) is 15.9. The van der Waals surface area contributed by atoms with Crippen LogP contribution in [0.4, 0.5) is 0 Å². The van der Waals surface area contributed by atoms with Gasteiger partial charge in [0, 0.05) is 15.4 Å². The summed E-state index contributed by atoms with van der Waals surface area (Å²) in [4.78, 5) is 1.31. The highest BCUT2D eigenvalue weighted by atomic mass is 79.9. The van der Waals surface area contributed by atoms with Gasteiger partial charge >= 0.3 is 0 Å². The van der Waals surface area contributed by atoms with Crippen LogP contribution in [0.1, 0.15) is 39.0 Å². The minimum atomic E-state index is -0.330. The molecule has 1 fully saturated rings. The number of nitriles is 1. The molecular formula is C16H21BrN2S. The Morgan fingerprint density at radius 1 is 1.35 bits per heavy atom. The quantitative estimate of drug-likeness (QED) is 0.541. The molecule has 1 atom stereocenters. The van der Waals surface area contributed by atoms with Gasteiger partial charge in [-0.15, -0.1) is 11.8 Å². The molecule has 1 aliphatic carbocycles. The third-order valence-electron chi connectivity index (χ3n) is 3.50. The second-order valence-corrected chi connectivity index (χ2v) is 7.71. The van der Waals surface area contributed by atoms with E-state index in [1.54, 1.807) is 0 Å². The van der Waals surface area contributed by atoms with Crippen LogP contribution in [0.15, 0.2) is 33.6 Å². The van der Waals surface area contributed by atoms with Crippen LogP contribution in [0.2, 0.25) is 0 Å². The van der Waals surface area contributed by atoms with E-state index >= 15 is 0 Å². The van der Waals surface area contributed by atoms with E-state index in [0.717, 1.165) is 29.5 Å². The highest BCUT2D eigenvalue weighted by Gasteiger charge is 2.31. The zero-order valence-corrected chi connectivity index (χ0v) is 14.3. The summed E-state index contributed by atoms with van der Waals surface area (Å²) in [7, 11) is 0. The molecule has 2 rings (SSSR count). The molecule has 20 heavy (non-hydrogen) atoms. The van der Waals surface area contributed by atoms with Gasteiger partial charge in [0.15, 0.2) is 0 Å². The topological polar surface area (TPSA) is 35.8 Å². The molecular weight excluding hydrogens is 332 g/mol. The van der Waals surface area contributed by atoms with Gasteiger partial charge in [-0.1, -0.05) is 15.9 Å². The average molecular weight is 353 g/mol. The summed E-state index contributed by atoms with van der Waals surface area (Å²) < 4.78 is 1.12. The lowest BCUT2D eigenvalue weighted by Crippen LogP contribution is -2.42. The molecule has 1 saturated carbocycles. The second-order valence-electron chi connectivity index (χ2n) is 5.62. The highest BCUT2D eigenvalue weighted by Crippen LogP contribution is 2.26. The summed E-state index contributed by atoms with van der Waals surface area (Å²) in [6.45, 7) is 2.03. The number of hydrogen-bond donors (Lipinski definition) is 1. The first-order chi connectivity index (χ1) is 9.61. The van der Waals surface area contributed by atoms with E-state index in [1.807, 2.05) is 18.7 Å². The van der Waals surface area contributed by atoms with Gasteiger partial charge in [0.2, 0.25) is 0 Å². The number of unbranched alkanes of at least 4 members (excludes halogenated alkanes) is 1. The normalized spacial score (nSPS) is 17.4. The second kappa shape index (κ2) is 7.49. The van der Waals surface area contributed by atoms with Crippen molar-refractivity contribution < 1.29 is 0 Å². The third kappa shape index (κ3) is 5.47. The van der Waals surface area contributed by atoms with E-state index in [2.05, 4.69) is 51.6 Å². The minimum Gasteiger partial charge on any atom is -0.297 e. The van der Waals surface area contributed by atoms with E-state index in [1.165, 1.54) is 17.7 Å². The van der Waals surface area contributed by atoms with Gasteiger partial charge in [0.1, 0.15) is 5.54 Å². The molecule has 1 aromatic rings. The summed E-state index contributed by atoms with van der Waals surface area (Å²) in [5.41, 5.74) is -0.330. The molecule has 4 heteroatoms. The SMILES string of the molecule is CC(C#N)(CCCCSc1ccc(Br)cc1)NC1CC1. The van der Waals surface area contributed by atoms with Gasteiger partial charge in [-0.05, 0) is 69.0 Å². The van der Waals surface area contributed by atoms with Crippen molar-refractivity contribution in [1.29, 1.82) is 5.26 Å². The standard InChI is InChI=1S/C16H21BrN2S/c1-16(12-18,19-14-6-7-14)10-2-3-11-20-15-8-4-13(17)5-9-15/h4-5,8-9,14,19H,2-3,6-7,10-11H2,1H3. The van der Waals surface area contributed by atoms with Crippen molar-refractivity contribution in [3.8, 4) is 6.07 Å².